The van der Waals surface area contributed by atoms with Crippen LogP contribution in [0.3, 0.4) is 0 Å². The molecule has 4 heteroatoms. The predicted octanol–water partition coefficient (Wildman–Crippen LogP) is 2.99. The molecule has 1 aromatic carbocycles. The van der Waals surface area contributed by atoms with Crippen LogP contribution < -0.4 is 0 Å². The van der Waals surface area contributed by atoms with Crippen LogP contribution in [0.4, 0.5) is 0 Å². The number of rotatable bonds is 4. The minimum atomic E-state index is 0.0585. The van der Waals surface area contributed by atoms with E-state index in [1.165, 1.54) is 0 Å². The number of nitrogens with zero attached hydrogens (tertiary/aromatic N) is 1. The van der Waals surface area contributed by atoms with Gasteiger partial charge in [0.25, 0.3) is 5.91 Å². The van der Waals surface area contributed by atoms with Crippen LogP contribution >= 0.6 is 34.2 Å². The quantitative estimate of drug-likeness (QED) is 0.611. The van der Waals surface area contributed by atoms with E-state index in [4.69, 9.17) is 11.6 Å². The Morgan fingerprint density at radius 2 is 2.13 bits per heavy atom. The van der Waals surface area contributed by atoms with E-state index < -0.39 is 0 Å². The van der Waals surface area contributed by atoms with Crippen molar-refractivity contribution in [1.29, 1.82) is 0 Å². The Hall–Kier alpha value is -0.290. The summed E-state index contributed by atoms with van der Waals surface area (Å²) in [6.45, 7) is 3.25. The molecule has 0 aliphatic rings. The number of alkyl halides is 1. The number of amides is 1. The Morgan fingerprint density at radius 1 is 1.47 bits per heavy atom. The SMILES string of the molecule is CCN(CCCl)C(=O)c1ccccc1I. The van der Waals surface area contributed by atoms with Crippen LogP contribution in [0.25, 0.3) is 0 Å². The van der Waals surface area contributed by atoms with Gasteiger partial charge >= 0.3 is 0 Å². The van der Waals surface area contributed by atoms with Crippen LogP contribution in [0.15, 0.2) is 24.3 Å². The number of hydrogen-bond acceptors (Lipinski definition) is 1. The van der Waals surface area contributed by atoms with E-state index in [0.29, 0.717) is 19.0 Å². The van der Waals surface area contributed by atoms with E-state index in [1.807, 2.05) is 31.2 Å². The lowest BCUT2D eigenvalue weighted by molar-refractivity contribution is 0.0773. The maximum absolute atomic E-state index is 12.0. The third-order valence-electron chi connectivity index (χ3n) is 2.13. The average Bonchev–Trinajstić information content (AvgIpc) is 2.25. The molecule has 0 atom stereocenters. The predicted molar refractivity (Wildman–Crippen MR) is 71.5 cm³/mol. The maximum atomic E-state index is 12.0. The first-order valence-electron chi connectivity index (χ1n) is 4.80. The highest BCUT2D eigenvalue weighted by atomic mass is 127. The topological polar surface area (TPSA) is 20.3 Å². The number of halogens is 2. The van der Waals surface area contributed by atoms with Crippen LogP contribution in [-0.4, -0.2) is 29.8 Å². The van der Waals surface area contributed by atoms with E-state index in [9.17, 15) is 4.79 Å². The summed E-state index contributed by atoms with van der Waals surface area (Å²) >= 11 is 7.82. The van der Waals surface area contributed by atoms with Gasteiger partial charge in [-0.25, -0.2) is 0 Å². The molecule has 1 aromatic rings. The van der Waals surface area contributed by atoms with Crippen LogP contribution in [0.2, 0.25) is 0 Å². The number of hydrogen-bond donors (Lipinski definition) is 0. The minimum Gasteiger partial charge on any atom is -0.338 e. The van der Waals surface area contributed by atoms with Crippen molar-refractivity contribution in [2.75, 3.05) is 19.0 Å². The summed E-state index contributed by atoms with van der Waals surface area (Å²) in [6.07, 6.45) is 0. The van der Waals surface area contributed by atoms with Crippen molar-refractivity contribution < 1.29 is 4.79 Å². The molecule has 0 spiro atoms. The van der Waals surface area contributed by atoms with Crippen molar-refractivity contribution in [2.45, 2.75) is 6.92 Å². The molecule has 0 radical (unpaired) electrons. The minimum absolute atomic E-state index is 0.0585. The molecule has 0 saturated heterocycles. The molecular weight excluding hydrogens is 324 g/mol. The fraction of sp³-hybridized carbons (Fsp3) is 0.364. The molecule has 1 rings (SSSR count). The largest absolute Gasteiger partial charge is 0.338 e. The van der Waals surface area contributed by atoms with Crippen molar-refractivity contribution in [3.05, 3.63) is 33.4 Å². The Labute approximate surface area is 109 Å². The van der Waals surface area contributed by atoms with Crippen LogP contribution in [-0.2, 0) is 0 Å². The number of carbonyl (C=O) groups excluding carboxylic acids is 1. The Balaban J connectivity index is 2.88. The number of carbonyl (C=O) groups is 1. The van der Waals surface area contributed by atoms with Gasteiger partial charge in [0.2, 0.25) is 0 Å². The third kappa shape index (κ3) is 3.34. The summed E-state index contributed by atoms with van der Waals surface area (Å²) in [6, 6.07) is 7.59. The van der Waals surface area contributed by atoms with Crippen LogP contribution in [0.5, 0.6) is 0 Å². The second-order valence-corrected chi connectivity index (χ2v) is 4.59. The second kappa shape index (κ2) is 6.33. The summed E-state index contributed by atoms with van der Waals surface area (Å²) in [5, 5.41) is 0. The molecule has 2 nitrogen and oxygen atoms in total. The van der Waals surface area contributed by atoms with Crippen LogP contribution in [0.1, 0.15) is 17.3 Å². The smallest absolute Gasteiger partial charge is 0.254 e. The van der Waals surface area contributed by atoms with E-state index >= 15 is 0 Å². The lowest BCUT2D eigenvalue weighted by atomic mass is 10.2. The van der Waals surface area contributed by atoms with Crippen LogP contribution in [0, 0.1) is 3.57 Å². The van der Waals surface area contributed by atoms with E-state index in [-0.39, 0.29) is 5.91 Å². The van der Waals surface area contributed by atoms with Gasteiger partial charge in [-0.15, -0.1) is 11.6 Å². The van der Waals surface area contributed by atoms with Gasteiger partial charge in [-0.2, -0.15) is 0 Å². The van der Waals surface area contributed by atoms with Crippen molar-refractivity contribution in [2.24, 2.45) is 0 Å². The van der Waals surface area contributed by atoms with Gasteiger partial charge < -0.3 is 4.90 Å². The molecule has 0 aromatic heterocycles. The van der Waals surface area contributed by atoms with Gasteiger partial charge in [0.15, 0.2) is 0 Å². The van der Waals surface area contributed by atoms with Gasteiger partial charge in [0.1, 0.15) is 0 Å². The molecule has 82 valence electrons. The third-order valence-corrected chi connectivity index (χ3v) is 3.24. The second-order valence-electron chi connectivity index (χ2n) is 3.05. The van der Waals surface area contributed by atoms with Crippen molar-refractivity contribution in [3.63, 3.8) is 0 Å². The molecule has 0 fully saturated rings. The summed E-state index contributed by atoms with van der Waals surface area (Å²) in [5.74, 6) is 0.534. The first-order chi connectivity index (χ1) is 7.20. The fourth-order valence-corrected chi connectivity index (χ4v) is 2.13. The maximum Gasteiger partial charge on any atom is 0.254 e. The molecule has 0 aliphatic heterocycles. The highest BCUT2D eigenvalue weighted by Crippen LogP contribution is 2.13. The summed E-state index contributed by atoms with van der Waals surface area (Å²) in [7, 11) is 0. The van der Waals surface area contributed by atoms with Gasteiger partial charge in [-0.1, -0.05) is 12.1 Å². The molecular formula is C11H13ClINO. The first-order valence-corrected chi connectivity index (χ1v) is 6.41. The molecule has 0 heterocycles. The molecule has 0 aliphatic carbocycles. The molecule has 0 saturated carbocycles. The molecule has 0 bridgehead atoms. The lowest BCUT2D eigenvalue weighted by Crippen LogP contribution is -2.32. The van der Waals surface area contributed by atoms with Gasteiger partial charge in [0.05, 0.1) is 5.56 Å². The molecule has 1 amide bonds. The van der Waals surface area contributed by atoms with E-state index in [0.717, 1.165) is 9.13 Å². The van der Waals surface area contributed by atoms with Crippen molar-refractivity contribution >= 4 is 40.1 Å². The molecule has 0 unspecified atom stereocenters. The normalized spacial score (nSPS) is 10.1. The summed E-state index contributed by atoms with van der Waals surface area (Å²) in [4.78, 5) is 13.8. The standard InChI is InChI=1S/C11H13ClINO/c1-2-14(8-7-12)11(15)9-5-3-4-6-10(9)13/h3-6H,2,7-8H2,1H3. The Kier molecular flexibility index (Phi) is 5.39. The van der Waals surface area contributed by atoms with Gasteiger partial charge in [-0.05, 0) is 41.6 Å². The van der Waals surface area contributed by atoms with E-state index in [2.05, 4.69) is 22.6 Å². The van der Waals surface area contributed by atoms with Gasteiger partial charge in [0, 0.05) is 22.5 Å². The number of benzene rings is 1. The summed E-state index contributed by atoms with van der Waals surface area (Å²) < 4.78 is 0.980. The molecule has 0 N–H and O–H groups in total. The van der Waals surface area contributed by atoms with E-state index in [1.54, 1.807) is 4.90 Å². The Bertz CT molecular complexity index is 343. The van der Waals surface area contributed by atoms with Crippen molar-refractivity contribution in [3.8, 4) is 0 Å². The zero-order valence-corrected chi connectivity index (χ0v) is 11.5. The highest BCUT2D eigenvalue weighted by molar-refractivity contribution is 14.1. The monoisotopic (exact) mass is 337 g/mol. The van der Waals surface area contributed by atoms with Crippen molar-refractivity contribution in [1.82, 2.24) is 4.90 Å². The highest BCUT2D eigenvalue weighted by Gasteiger charge is 2.15. The molecule has 15 heavy (non-hydrogen) atoms. The Morgan fingerprint density at radius 3 is 2.67 bits per heavy atom. The first kappa shape index (κ1) is 12.8. The zero-order chi connectivity index (χ0) is 11.3. The lowest BCUT2D eigenvalue weighted by Gasteiger charge is -2.20. The average molecular weight is 338 g/mol. The zero-order valence-electron chi connectivity index (χ0n) is 8.54. The fourth-order valence-electron chi connectivity index (χ4n) is 1.31. The van der Waals surface area contributed by atoms with Gasteiger partial charge in [-0.3, -0.25) is 4.79 Å². The summed E-state index contributed by atoms with van der Waals surface area (Å²) in [5.41, 5.74) is 0.755.